The molecule has 3 amide bonds. The average Bonchev–Trinajstić information content (AvgIpc) is 3.59. The number of nitrogens with zero attached hydrogens (tertiary/aromatic N) is 1. The Hall–Kier alpha value is -3.88. The van der Waals surface area contributed by atoms with Crippen LogP contribution in [0.1, 0.15) is 42.4 Å². The molecule has 39 heavy (non-hydrogen) atoms. The molecule has 4 atom stereocenters. The molecule has 0 radical (unpaired) electrons. The lowest BCUT2D eigenvalue weighted by atomic mass is 9.95. The zero-order valence-corrected chi connectivity index (χ0v) is 22.3. The molecule has 1 saturated heterocycles. The number of aliphatic hydroxyl groups is 1. The summed E-state index contributed by atoms with van der Waals surface area (Å²) in [6.45, 7) is 1.71. The SMILES string of the molecule is CC(O)C(NC(=O)Nc1cccc(Cl)c1)C(=O)N1C[C@@H](c2ccccc2)C[C@@H]1CC(=O)O.c1ccc2c(c1)C2. The van der Waals surface area contributed by atoms with E-state index in [9.17, 15) is 24.6 Å². The monoisotopic (exact) mass is 549 g/mol. The van der Waals surface area contributed by atoms with E-state index < -0.39 is 36.1 Å². The molecule has 1 fully saturated rings. The number of urea groups is 1. The second-order valence-corrected chi connectivity index (χ2v) is 10.3. The van der Waals surface area contributed by atoms with Gasteiger partial charge in [0, 0.05) is 29.2 Å². The minimum atomic E-state index is -1.24. The van der Waals surface area contributed by atoms with E-state index in [4.69, 9.17) is 11.6 Å². The van der Waals surface area contributed by atoms with Gasteiger partial charge < -0.3 is 25.7 Å². The first-order valence-electron chi connectivity index (χ1n) is 12.9. The summed E-state index contributed by atoms with van der Waals surface area (Å²) >= 11 is 5.92. The van der Waals surface area contributed by atoms with Crippen molar-refractivity contribution in [3.05, 3.63) is 101 Å². The molecule has 5 rings (SSSR count). The number of hydrogen-bond donors (Lipinski definition) is 4. The highest BCUT2D eigenvalue weighted by molar-refractivity contribution is 6.30. The first kappa shape index (κ1) is 28.1. The molecular formula is C30H32ClN3O5. The first-order valence-corrected chi connectivity index (χ1v) is 13.2. The van der Waals surface area contributed by atoms with Gasteiger partial charge in [-0.1, -0.05) is 72.3 Å². The van der Waals surface area contributed by atoms with E-state index >= 15 is 0 Å². The van der Waals surface area contributed by atoms with Gasteiger partial charge in [0.2, 0.25) is 5.91 Å². The quantitative estimate of drug-likeness (QED) is 0.267. The number of benzene rings is 3. The predicted molar refractivity (Wildman–Crippen MR) is 150 cm³/mol. The second kappa shape index (κ2) is 12.8. The number of nitrogens with one attached hydrogen (secondary N) is 2. The highest BCUT2D eigenvalue weighted by atomic mass is 35.5. The number of carboxylic acid groups (broad SMARTS) is 1. The predicted octanol–water partition coefficient (Wildman–Crippen LogP) is 4.66. The van der Waals surface area contributed by atoms with Crippen molar-refractivity contribution >= 4 is 35.2 Å². The number of anilines is 1. The molecular weight excluding hydrogens is 518 g/mol. The lowest BCUT2D eigenvalue weighted by molar-refractivity contribution is -0.141. The number of carboxylic acids is 1. The van der Waals surface area contributed by atoms with Crippen molar-refractivity contribution in [2.24, 2.45) is 0 Å². The van der Waals surface area contributed by atoms with Crippen LogP contribution in [0.4, 0.5) is 10.5 Å². The number of aliphatic carboxylic acids is 1. The van der Waals surface area contributed by atoms with E-state index in [1.165, 1.54) is 29.4 Å². The van der Waals surface area contributed by atoms with Gasteiger partial charge in [-0.05, 0) is 54.7 Å². The molecule has 3 aromatic carbocycles. The Morgan fingerprint density at radius 1 is 1.00 bits per heavy atom. The minimum Gasteiger partial charge on any atom is -0.481 e. The summed E-state index contributed by atoms with van der Waals surface area (Å²) in [4.78, 5) is 38.6. The maximum Gasteiger partial charge on any atom is 0.319 e. The summed E-state index contributed by atoms with van der Waals surface area (Å²) in [7, 11) is 0. The Morgan fingerprint density at radius 2 is 1.67 bits per heavy atom. The molecule has 0 saturated carbocycles. The van der Waals surface area contributed by atoms with E-state index in [-0.39, 0.29) is 12.3 Å². The molecule has 3 aromatic rings. The molecule has 0 spiro atoms. The number of amides is 3. The van der Waals surface area contributed by atoms with Crippen LogP contribution in [0.5, 0.6) is 0 Å². The number of halogens is 1. The summed E-state index contributed by atoms with van der Waals surface area (Å²) in [6.07, 6.45) is 0.334. The topological polar surface area (TPSA) is 119 Å². The highest BCUT2D eigenvalue weighted by Gasteiger charge is 2.41. The molecule has 2 aliphatic rings. The third kappa shape index (κ3) is 7.81. The van der Waals surface area contributed by atoms with Gasteiger partial charge >= 0.3 is 12.0 Å². The zero-order chi connectivity index (χ0) is 27.9. The van der Waals surface area contributed by atoms with Crippen molar-refractivity contribution in [3.63, 3.8) is 0 Å². The standard InChI is InChI=1S/C23H26ClN3O5.C7H6/c1-14(28)21(26-23(32)25-18-9-5-8-17(24)11-18)22(31)27-13-16(10-19(27)12-20(29)30)15-6-3-2-4-7-15;1-2-4-7-5-6(7)3-1/h2-9,11,14,16,19,21,28H,10,12-13H2,1H3,(H,29,30)(H2,25,26,32);1-4H,5H2/t14?,16-,19+,21?;/m0./s1. The molecule has 1 heterocycles. The zero-order valence-electron chi connectivity index (χ0n) is 21.6. The largest absolute Gasteiger partial charge is 0.481 e. The van der Waals surface area contributed by atoms with Crippen molar-refractivity contribution in [3.8, 4) is 0 Å². The summed E-state index contributed by atoms with van der Waals surface area (Å²) in [5.74, 6) is -1.56. The van der Waals surface area contributed by atoms with Gasteiger partial charge in [0.1, 0.15) is 6.04 Å². The van der Waals surface area contributed by atoms with Gasteiger partial charge in [-0.2, -0.15) is 0 Å². The van der Waals surface area contributed by atoms with Crippen LogP contribution in [-0.4, -0.2) is 57.8 Å². The van der Waals surface area contributed by atoms with Gasteiger partial charge in [-0.3, -0.25) is 9.59 Å². The van der Waals surface area contributed by atoms with Crippen molar-refractivity contribution in [1.82, 2.24) is 10.2 Å². The third-order valence-corrected chi connectivity index (χ3v) is 7.11. The lowest BCUT2D eigenvalue weighted by Gasteiger charge is -2.30. The average molecular weight is 550 g/mol. The molecule has 8 nitrogen and oxygen atoms in total. The van der Waals surface area contributed by atoms with Crippen LogP contribution in [0.25, 0.3) is 0 Å². The first-order chi connectivity index (χ1) is 18.7. The van der Waals surface area contributed by atoms with Crippen LogP contribution in [0, 0.1) is 0 Å². The fourth-order valence-corrected chi connectivity index (χ4v) is 5.02. The van der Waals surface area contributed by atoms with Gasteiger partial charge in [0.05, 0.1) is 12.5 Å². The van der Waals surface area contributed by atoms with Crippen LogP contribution < -0.4 is 10.6 Å². The number of carbonyl (C=O) groups is 3. The number of hydrogen-bond acceptors (Lipinski definition) is 4. The maximum atomic E-state index is 13.3. The highest BCUT2D eigenvalue weighted by Crippen LogP contribution is 2.34. The Balaban J connectivity index is 0.000000429. The fourth-order valence-electron chi connectivity index (χ4n) is 4.83. The van der Waals surface area contributed by atoms with Crippen LogP contribution in [0.2, 0.25) is 5.02 Å². The fraction of sp³-hybridized carbons (Fsp3) is 0.300. The number of rotatable bonds is 7. The number of likely N-dealkylation sites (tertiary alicyclic amines) is 1. The Labute approximate surface area is 232 Å². The van der Waals surface area contributed by atoms with Crippen LogP contribution in [0.15, 0.2) is 78.9 Å². The molecule has 0 aromatic heterocycles. The van der Waals surface area contributed by atoms with Crippen molar-refractivity contribution in [2.45, 2.75) is 50.3 Å². The molecule has 2 unspecified atom stereocenters. The summed E-state index contributed by atoms with van der Waals surface area (Å²) < 4.78 is 0. The molecule has 0 bridgehead atoms. The lowest BCUT2D eigenvalue weighted by Crippen LogP contribution is -2.55. The smallest absolute Gasteiger partial charge is 0.319 e. The number of carbonyl (C=O) groups excluding carboxylic acids is 2. The molecule has 204 valence electrons. The van der Waals surface area contributed by atoms with Crippen LogP contribution >= 0.6 is 11.6 Å². The number of fused-ring (bicyclic) bond motifs is 1. The van der Waals surface area contributed by atoms with Crippen molar-refractivity contribution in [1.29, 1.82) is 0 Å². The summed E-state index contributed by atoms with van der Waals surface area (Å²) in [5.41, 5.74) is 4.50. The van der Waals surface area contributed by atoms with E-state index in [2.05, 4.69) is 34.9 Å². The molecule has 9 heteroatoms. The van der Waals surface area contributed by atoms with E-state index in [0.29, 0.717) is 23.7 Å². The van der Waals surface area contributed by atoms with Crippen molar-refractivity contribution < 1.29 is 24.6 Å². The van der Waals surface area contributed by atoms with E-state index in [0.717, 1.165) is 5.56 Å². The second-order valence-electron chi connectivity index (χ2n) is 9.86. The Bertz CT molecular complexity index is 1300. The van der Waals surface area contributed by atoms with E-state index in [1.807, 2.05) is 30.3 Å². The molecule has 1 aliphatic carbocycles. The number of aliphatic hydroxyl groups excluding tert-OH is 1. The normalized spacial score (nSPS) is 18.6. The summed E-state index contributed by atoms with van der Waals surface area (Å²) in [6, 6.07) is 22.2. The molecule has 1 aliphatic heterocycles. The van der Waals surface area contributed by atoms with Gasteiger partial charge in [0.15, 0.2) is 0 Å². The Kier molecular flexibility index (Phi) is 9.22. The van der Waals surface area contributed by atoms with E-state index in [1.54, 1.807) is 24.3 Å². The summed E-state index contributed by atoms with van der Waals surface area (Å²) in [5, 5.41) is 25.1. The van der Waals surface area contributed by atoms with Gasteiger partial charge in [-0.15, -0.1) is 0 Å². The van der Waals surface area contributed by atoms with Crippen molar-refractivity contribution in [2.75, 3.05) is 11.9 Å². The van der Waals surface area contributed by atoms with Gasteiger partial charge in [0.25, 0.3) is 0 Å². The minimum absolute atomic E-state index is 0.0283. The molecule has 4 N–H and O–H groups in total. The third-order valence-electron chi connectivity index (χ3n) is 6.87. The van der Waals surface area contributed by atoms with Gasteiger partial charge in [-0.25, -0.2) is 4.79 Å². The maximum absolute atomic E-state index is 13.3. The van der Waals surface area contributed by atoms with Crippen LogP contribution in [-0.2, 0) is 16.0 Å². The Morgan fingerprint density at radius 3 is 2.26 bits per heavy atom. The van der Waals surface area contributed by atoms with Crippen LogP contribution in [0.3, 0.4) is 0 Å².